The molecule has 2 amide bonds. The first-order chi connectivity index (χ1) is 14.7. The number of rotatable bonds is 10. The summed E-state index contributed by atoms with van der Waals surface area (Å²) >= 11 is 6.34. The number of para-hydroxylation sites is 1. The van der Waals surface area contributed by atoms with Gasteiger partial charge < -0.3 is 15.0 Å². The molecular weight excluding hydrogens is 412 g/mol. The lowest BCUT2D eigenvalue weighted by molar-refractivity contribution is -0.143. The Morgan fingerprint density at radius 2 is 1.68 bits per heavy atom. The van der Waals surface area contributed by atoms with Crippen LogP contribution in [0.4, 0.5) is 0 Å². The van der Waals surface area contributed by atoms with Gasteiger partial charge in [-0.05, 0) is 49.4 Å². The molecule has 1 unspecified atom stereocenters. The number of ether oxygens (including phenoxy) is 1. The standard InChI is InChI=1S/C25H33ClN2O3/c1-6-22(25(30)27-18(4)5)28(15-19-11-7-9-13-21(19)26)24(29)16-31-23-14-10-8-12-20(23)17(2)3/h7-14,17-18,22H,6,15-16H2,1-5H3,(H,27,30). The van der Waals surface area contributed by atoms with Crippen molar-refractivity contribution in [2.75, 3.05) is 6.61 Å². The van der Waals surface area contributed by atoms with Gasteiger partial charge in [0.2, 0.25) is 5.91 Å². The summed E-state index contributed by atoms with van der Waals surface area (Å²) in [6.07, 6.45) is 0.483. The van der Waals surface area contributed by atoms with Gasteiger partial charge in [-0.15, -0.1) is 0 Å². The van der Waals surface area contributed by atoms with Crippen LogP contribution in [0.1, 0.15) is 58.1 Å². The summed E-state index contributed by atoms with van der Waals surface area (Å²) in [5, 5.41) is 3.48. The zero-order valence-corrected chi connectivity index (χ0v) is 19.8. The molecule has 1 atom stereocenters. The fraction of sp³-hybridized carbons (Fsp3) is 0.440. The number of hydrogen-bond acceptors (Lipinski definition) is 3. The maximum Gasteiger partial charge on any atom is 0.261 e. The van der Waals surface area contributed by atoms with E-state index in [4.69, 9.17) is 16.3 Å². The molecule has 0 saturated heterocycles. The van der Waals surface area contributed by atoms with Crippen molar-refractivity contribution in [1.82, 2.24) is 10.2 Å². The largest absolute Gasteiger partial charge is 0.483 e. The third-order valence-corrected chi connectivity index (χ3v) is 5.38. The number of carbonyl (C=O) groups excluding carboxylic acids is 2. The van der Waals surface area contributed by atoms with Gasteiger partial charge in [0.25, 0.3) is 5.91 Å². The number of nitrogens with zero attached hydrogens (tertiary/aromatic N) is 1. The summed E-state index contributed by atoms with van der Waals surface area (Å²) in [5.74, 6) is 0.513. The molecule has 0 aromatic heterocycles. The summed E-state index contributed by atoms with van der Waals surface area (Å²) in [6.45, 7) is 9.94. The Bertz CT molecular complexity index is 883. The van der Waals surface area contributed by atoms with Crippen LogP contribution in [0.3, 0.4) is 0 Å². The Kier molecular flexibility index (Phi) is 9.38. The number of carbonyl (C=O) groups is 2. The molecule has 0 radical (unpaired) electrons. The second-order valence-electron chi connectivity index (χ2n) is 8.18. The van der Waals surface area contributed by atoms with Crippen LogP contribution < -0.4 is 10.1 Å². The van der Waals surface area contributed by atoms with Gasteiger partial charge in [-0.25, -0.2) is 0 Å². The van der Waals surface area contributed by atoms with Crippen LogP contribution >= 0.6 is 11.6 Å². The molecule has 0 heterocycles. The lowest BCUT2D eigenvalue weighted by Crippen LogP contribution is -2.51. The fourth-order valence-corrected chi connectivity index (χ4v) is 3.62. The van der Waals surface area contributed by atoms with Crippen LogP contribution in [0.25, 0.3) is 0 Å². The van der Waals surface area contributed by atoms with E-state index in [1.54, 1.807) is 11.0 Å². The first-order valence-corrected chi connectivity index (χ1v) is 11.2. The minimum absolute atomic E-state index is 0.0204. The molecule has 0 bridgehead atoms. The Balaban J connectivity index is 2.27. The highest BCUT2D eigenvalue weighted by atomic mass is 35.5. The van der Waals surface area contributed by atoms with E-state index >= 15 is 0 Å². The minimum atomic E-state index is -0.616. The van der Waals surface area contributed by atoms with Gasteiger partial charge in [0, 0.05) is 17.6 Å². The molecule has 0 spiro atoms. The average Bonchev–Trinajstić information content (AvgIpc) is 2.72. The van der Waals surface area contributed by atoms with Gasteiger partial charge in [0.05, 0.1) is 0 Å². The van der Waals surface area contributed by atoms with Crippen LogP contribution in [0.15, 0.2) is 48.5 Å². The van der Waals surface area contributed by atoms with Crippen molar-refractivity contribution in [3.8, 4) is 5.75 Å². The fourth-order valence-electron chi connectivity index (χ4n) is 3.42. The second kappa shape index (κ2) is 11.8. The van der Waals surface area contributed by atoms with E-state index in [9.17, 15) is 9.59 Å². The van der Waals surface area contributed by atoms with E-state index in [0.29, 0.717) is 17.2 Å². The van der Waals surface area contributed by atoms with Crippen molar-refractivity contribution in [3.05, 3.63) is 64.7 Å². The number of halogens is 1. The van der Waals surface area contributed by atoms with E-state index in [0.717, 1.165) is 11.1 Å². The number of nitrogens with one attached hydrogen (secondary N) is 1. The van der Waals surface area contributed by atoms with Crippen molar-refractivity contribution in [1.29, 1.82) is 0 Å². The van der Waals surface area contributed by atoms with Gasteiger partial charge in [0.15, 0.2) is 6.61 Å². The first-order valence-electron chi connectivity index (χ1n) is 10.8. The van der Waals surface area contributed by atoms with Crippen molar-refractivity contribution < 1.29 is 14.3 Å². The van der Waals surface area contributed by atoms with Crippen molar-refractivity contribution in [3.63, 3.8) is 0 Å². The van der Waals surface area contributed by atoms with Crippen LogP contribution in [0.5, 0.6) is 5.75 Å². The highest BCUT2D eigenvalue weighted by Crippen LogP contribution is 2.26. The topological polar surface area (TPSA) is 58.6 Å². The molecule has 2 rings (SSSR count). The minimum Gasteiger partial charge on any atom is -0.483 e. The molecule has 0 aliphatic heterocycles. The number of amides is 2. The normalized spacial score (nSPS) is 12.0. The summed E-state index contributed by atoms with van der Waals surface area (Å²) in [7, 11) is 0. The molecule has 6 heteroatoms. The van der Waals surface area contributed by atoms with Crippen LogP contribution in [-0.2, 0) is 16.1 Å². The molecule has 5 nitrogen and oxygen atoms in total. The van der Waals surface area contributed by atoms with E-state index in [1.165, 1.54) is 0 Å². The molecule has 2 aromatic carbocycles. The monoisotopic (exact) mass is 444 g/mol. The third kappa shape index (κ3) is 7.00. The number of hydrogen-bond donors (Lipinski definition) is 1. The summed E-state index contributed by atoms with van der Waals surface area (Å²) in [4.78, 5) is 27.7. The molecular formula is C25H33ClN2O3. The molecule has 0 fully saturated rings. The summed E-state index contributed by atoms with van der Waals surface area (Å²) < 4.78 is 5.91. The summed E-state index contributed by atoms with van der Waals surface area (Å²) in [6, 6.07) is 14.4. The molecule has 0 saturated carbocycles. The molecule has 168 valence electrons. The van der Waals surface area contributed by atoms with Gasteiger partial charge >= 0.3 is 0 Å². The SMILES string of the molecule is CCC(C(=O)NC(C)C)N(Cc1ccccc1Cl)C(=O)COc1ccccc1C(C)C. The maximum atomic E-state index is 13.3. The van der Waals surface area contributed by atoms with Gasteiger partial charge in [-0.1, -0.05) is 68.8 Å². The molecule has 1 N–H and O–H groups in total. The van der Waals surface area contributed by atoms with Crippen LogP contribution in [0.2, 0.25) is 5.02 Å². The van der Waals surface area contributed by atoms with Crippen LogP contribution in [-0.4, -0.2) is 35.4 Å². The predicted octanol–water partition coefficient (Wildman–Crippen LogP) is 5.17. The van der Waals surface area contributed by atoms with E-state index in [2.05, 4.69) is 19.2 Å². The second-order valence-corrected chi connectivity index (χ2v) is 8.59. The molecule has 31 heavy (non-hydrogen) atoms. The molecule has 0 aliphatic carbocycles. The van der Waals surface area contributed by atoms with Gasteiger partial charge in [-0.2, -0.15) is 0 Å². The maximum absolute atomic E-state index is 13.3. The van der Waals surface area contributed by atoms with Crippen molar-refractivity contribution >= 4 is 23.4 Å². The highest BCUT2D eigenvalue weighted by Gasteiger charge is 2.29. The van der Waals surface area contributed by atoms with Crippen molar-refractivity contribution in [2.24, 2.45) is 0 Å². The predicted molar refractivity (Wildman–Crippen MR) is 125 cm³/mol. The highest BCUT2D eigenvalue weighted by molar-refractivity contribution is 6.31. The lowest BCUT2D eigenvalue weighted by atomic mass is 10.0. The van der Waals surface area contributed by atoms with E-state index in [-0.39, 0.29) is 36.9 Å². The Morgan fingerprint density at radius 3 is 2.29 bits per heavy atom. The van der Waals surface area contributed by atoms with E-state index in [1.807, 2.05) is 63.2 Å². The first kappa shape index (κ1) is 24.7. The molecule has 0 aliphatic rings. The lowest BCUT2D eigenvalue weighted by Gasteiger charge is -2.31. The Labute approximate surface area is 190 Å². The average molecular weight is 445 g/mol. The third-order valence-electron chi connectivity index (χ3n) is 5.01. The van der Waals surface area contributed by atoms with Gasteiger partial charge in [-0.3, -0.25) is 9.59 Å². The van der Waals surface area contributed by atoms with Crippen molar-refractivity contribution in [2.45, 2.75) is 65.6 Å². The van der Waals surface area contributed by atoms with Gasteiger partial charge in [0.1, 0.15) is 11.8 Å². The summed E-state index contributed by atoms with van der Waals surface area (Å²) in [5.41, 5.74) is 1.83. The zero-order chi connectivity index (χ0) is 23.0. The molecule has 2 aromatic rings. The quantitative estimate of drug-likeness (QED) is 0.549. The zero-order valence-electron chi connectivity index (χ0n) is 19.0. The van der Waals surface area contributed by atoms with Crippen LogP contribution in [0, 0.1) is 0 Å². The Morgan fingerprint density at radius 1 is 1.03 bits per heavy atom. The Hall–Kier alpha value is -2.53. The smallest absolute Gasteiger partial charge is 0.261 e. The van der Waals surface area contributed by atoms with E-state index < -0.39 is 6.04 Å². The number of benzene rings is 2.